The number of fused-ring (bicyclic) bond motifs is 1. The van der Waals surface area contributed by atoms with Gasteiger partial charge in [0.05, 0.1) is 15.4 Å². The minimum absolute atomic E-state index is 0.102. The molecule has 0 atom stereocenters. The smallest absolute Gasteiger partial charge is 0.235 e. The number of phenolic OH excluding ortho intramolecular Hbond substituents is 1. The molecule has 0 amide bonds. The van der Waals surface area contributed by atoms with E-state index in [0.29, 0.717) is 28.8 Å². The highest BCUT2D eigenvalue weighted by Gasteiger charge is 2.17. The fourth-order valence-corrected chi connectivity index (χ4v) is 3.24. The summed E-state index contributed by atoms with van der Waals surface area (Å²) in [6.07, 6.45) is 3.46. The van der Waals surface area contributed by atoms with Crippen molar-refractivity contribution in [3.63, 3.8) is 0 Å². The Bertz CT molecular complexity index is 999. The molecule has 0 fully saturated rings. The molecule has 0 saturated heterocycles. The van der Waals surface area contributed by atoms with Gasteiger partial charge in [0.25, 0.3) is 0 Å². The Labute approximate surface area is 166 Å². The Kier molecular flexibility index (Phi) is 6.19. The molecule has 1 N–H and O–H groups in total. The van der Waals surface area contributed by atoms with E-state index >= 15 is 0 Å². The zero-order chi connectivity index (χ0) is 19.4. The highest BCUT2D eigenvalue weighted by molar-refractivity contribution is 9.10. The zero-order valence-corrected chi connectivity index (χ0v) is 17.0. The number of para-hydroxylation sites is 1. The third kappa shape index (κ3) is 4.34. The van der Waals surface area contributed by atoms with Crippen molar-refractivity contribution < 1.29 is 14.3 Å². The first-order chi connectivity index (χ1) is 13.0. The molecule has 0 aliphatic heterocycles. The van der Waals surface area contributed by atoms with Crippen LogP contribution >= 0.6 is 15.9 Å². The van der Waals surface area contributed by atoms with Crippen molar-refractivity contribution in [1.29, 1.82) is 0 Å². The van der Waals surface area contributed by atoms with Gasteiger partial charge in [-0.05, 0) is 60.2 Å². The summed E-state index contributed by atoms with van der Waals surface area (Å²) < 4.78 is 12.2. The van der Waals surface area contributed by atoms with Crippen molar-refractivity contribution in [2.45, 2.75) is 26.3 Å². The molecule has 3 aromatic rings. The Morgan fingerprint density at radius 1 is 1.19 bits per heavy atom. The lowest BCUT2D eigenvalue weighted by atomic mass is 10.1. The average molecular weight is 432 g/mol. The van der Waals surface area contributed by atoms with E-state index in [1.807, 2.05) is 25.2 Å². The van der Waals surface area contributed by atoms with Crippen LogP contribution in [0.4, 0.5) is 0 Å². The third-order valence-electron chi connectivity index (χ3n) is 4.37. The lowest BCUT2D eigenvalue weighted by Crippen LogP contribution is -2.19. The summed E-state index contributed by atoms with van der Waals surface area (Å²) in [5.41, 5.74) is 0.725. The van der Waals surface area contributed by atoms with Gasteiger partial charge in [-0.1, -0.05) is 25.5 Å². The lowest BCUT2D eigenvalue weighted by molar-refractivity contribution is 0.314. The molecular weight excluding hydrogens is 410 g/mol. The van der Waals surface area contributed by atoms with Crippen molar-refractivity contribution in [2.24, 2.45) is 0 Å². The van der Waals surface area contributed by atoms with Crippen LogP contribution in [-0.4, -0.2) is 23.6 Å². The first-order valence-corrected chi connectivity index (χ1v) is 9.67. The quantitative estimate of drug-likeness (QED) is 0.550. The number of ether oxygens (including phenoxy) is 1. The van der Waals surface area contributed by atoms with Crippen LogP contribution in [0.1, 0.15) is 25.3 Å². The number of hydrogen-bond acceptors (Lipinski definition) is 5. The standard InChI is InChI=1S/C21H22BrNO4/c1-3-4-11-23(2)12-15-17(24)10-9-14-20(25)19(13-26-21(14)15)27-18-8-6-5-7-16(18)22/h5-10,13,24H,3-4,11-12H2,1-2H3. The van der Waals surface area contributed by atoms with E-state index in [2.05, 4.69) is 27.8 Å². The molecule has 3 rings (SSSR count). The number of benzene rings is 2. The van der Waals surface area contributed by atoms with Gasteiger partial charge in [-0.15, -0.1) is 0 Å². The molecule has 1 heterocycles. The maximum Gasteiger partial charge on any atom is 0.235 e. The largest absolute Gasteiger partial charge is 0.507 e. The Morgan fingerprint density at radius 2 is 1.96 bits per heavy atom. The van der Waals surface area contributed by atoms with Gasteiger partial charge >= 0.3 is 0 Å². The van der Waals surface area contributed by atoms with Crippen molar-refractivity contribution in [2.75, 3.05) is 13.6 Å². The first-order valence-electron chi connectivity index (χ1n) is 8.88. The monoisotopic (exact) mass is 431 g/mol. The van der Waals surface area contributed by atoms with Crippen LogP contribution in [0.5, 0.6) is 17.2 Å². The minimum Gasteiger partial charge on any atom is -0.507 e. The molecule has 0 unspecified atom stereocenters. The summed E-state index contributed by atoms with van der Waals surface area (Å²) in [5.74, 6) is 0.751. The van der Waals surface area contributed by atoms with Crippen molar-refractivity contribution in [3.8, 4) is 17.2 Å². The van der Waals surface area contributed by atoms with Gasteiger partial charge in [0, 0.05) is 6.54 Å². The summed E-state index contributed by atoms with van der Waals surface area (Å²) in [5, 5.41) is 10.7. The molecule has 0 aliphatic carbocycles. The number of hydrogen-bond donors (Lipinski definition) is 1. The van der Waals surface area contributed by atoms with E-state index in [9.17, 15) is 9.90 Å². The maximum absolute atomic E-state index is 12.9. The van der Waals surface area contributed by atoms with E-state index in [1.165, 1.54) is 12.3 Å². The number of aromatic hydroxyl groups is 1. The highest BCUT2D eigenvalue weighted by Crippen LogP contribution is 2.31. The van der Waals surface area contributed by atoms with Gasteiger partial charge in [-0.25, -0.2) is 0 Å². The van der Waals surface area contributed by atoms with Crippen LogP contribution in [0.15, 0.2) is 56.3 Å². The Balaban J connectivity index is 1.98. The van der Waals surface area contributed by atoms with E-state index in [0.717, 1.165) is 23.9 Å². The lowest BCUT2D eigenvalue weighted by Gasteiger charge is -2.18. The van der Waals surface area contributed by atoms with Gasteiger partial charge in [-0.3, -0.25) is 4.79 Å². The molecule has 0 radical (unpaired) electrons. The summed E-state index contributed by atoms with van der Waals surface area (Å²) in [4.78, 5) is 15.0. The van der Waals surface area contributed by atoms with Gasteiger partial charge < -0.3 is 19.2 Å². The second-order valence-corrected chi connectivity index (χ2v) is 7.35. The minimum atomic E-state index is -0.274. The highest BCUT2D eigenvalue weighted by atomic mass is 79.9. The number of unbranched alkanes of at least 4 members (excludes halogenated alkanes) is 1. The molecular formula is C21H22BrNO4. The second-order valence-electron chi connectivity index (χ2n) is 6.49. The summed E-state index contributed by atoms with van der Waals surface area (Å²) in [6.45, 7) is 3.53. The number of nitrogens with zero attached hydrogens (tertiary/aromatic N) is 1. The Morgan fingerprint density at radius 3 is 2.70 bits per heavy atom. The molecule has 6 heteroatoms. The average Bonchev–Trinajstić information content (AvgIpc) is 2.66. The maximum atomic E-state index is 12.9. The molecule has 2 aromatic carbocycles. The normalized spacial score (nSPS) is 11.3. The number of phenols is 1. The van der Waals surface area contributed by atoms with Crippen LogP contribution < -0.4 is 10.2 Å². The molecule has 0 aliphatic rings. The van der Waals surface area contributed by atoms with E-state index in [1.54, 1.807) is 12.1 Å². The van der Waals surface area contributed by atoms with Crippen molar-refractivity contribution >= 4 is 26.9 Å². The Hall–Kier alpha value is -2.31. The molecule has 5 nitrogen and oxygen atoms in total. The van der Waals surface area contributed by atoms with Crippen LogP contribution in [0.25, 0.3) is 11.0 Å². The summed E-state index contributed by atoms with van der Waals surface area (Å²) in [6, 6.07) is 10.4. The molecule has 0 bridgehead atoms. The molecule has 0 spiro atoms. The molecule has 142 valence electrons. The van der Waals surface area contributed by atoms with Gasteiger partial charge in [0.15, 0.2) is 0 Å². The second kappa shape index (κ2) is 8.59. The SMILES string of the molecule is CCCCN(C)Cc1c(O)ccc2c(=O)c(Oc3ccccc3Br)coc12. The molecule has 1 aromatic heterocycles. The number of rotatable bonds is 7. The number of halogens is 1. The summed E-state index contributed by atoms with van der Waals surface area (Å²) in [7, 11) is 1.98. The van der Waals surface area contributed by atoms with Crippen LogP contribution in [-0.2, 0) is 6.54 Å². The molecule has 27 heavy (non-hydrogen) atoms. The first kappa shape index (κ1) is 19.5. The van der Waals surface area contributed by atoms with Gasteiger partial charge in [0.1, 0.15) is 23.3 Å². The fourth-order valence-electron chi connectivity index (χ4n) is 2.88. The van der Waals surface area contributed by atoms with Crippen molar-refractivity contribution in [3.05, 3.63) is 62.9 Å². The van der Waals surface area contributed by atoms with Gasteiger partial charge in [0.2, 0.25) is 11.2 Å². The third-order valence-corrected chi connectivity index (χ3v) is 5.02. The molecule has 0 saturated carbocycles. The van der Waals surface area contributed by atoms with E-state index < -0.39 is 0 Å². The van der Waals surface area contributed by atoms with E-state index in [-0.39, 0.29) is 16.9 Å². The van der Waals surface area contributed by atoms with Crippen molar-refractivity contribution in [1.82, 2.24) is 4.90 Å². The fraction of sp³-hybridized carbons (Fsp3) is 0.286. The predicted molar refractivity (Wildman–Crippen MR) is 110 cm³/mol. The van der Waals surface area contributed by atoms with Crippen LogP contribution in [0, 0.1) is 0 Å². The summed E-state index contributed by atoms with van der Waals surface area (Å²) >= 11 is 3.40. The zero-order valence-electron chi connectivity index (χ0n) is 15.4. The predicted octanol–water partition coefficient (Wildman–Crippen LogP) is 5.29. The van der Waals surface area contributed by atoms with Crippen LogP contribution in [0.3, 0.4) is 0 Å². The van der Waals surface area contributed by atoms with E-state index in [4.69, 9.17) is 9.15 Å². The topological polar surface area (TPSA) is 62.9 Å². The van der Waals surface area contributed by atoms with Crippen LogP contribution in [0.2, 0.25) is 0 Å². The van der Waals surface area contributed by atoms with Gasteiger partial charge in [-0.2, -0.15) is 0 Å².